The number of nitrogens with zero attached hydrogens (tertiary/aromatic N) is 1. The van der Waals surface area contributed by atoms with Crippen LogP contribution in [0.25, 0.3) is 0 Å². The zero-order chi connectivity index (χ0) is 20.8. The van der Waals surface area contributed by atoms with E-state index in [0.717, 1.165) is 23.8 Å². The number of sulfonamides is 1. The van der Waals surface area contributed by atoms with Gasteiger partial charge in [-0.05, 0) is 37.5 Å². The first-order valence-corrected chi connectivity index (χ1v) is 10.9. The summed E-state index contributed by atoms with van der Waals surface area (Å²) in [6.07, 6.45) is 3.30. The number of nitrogens with one attached hydrogen (secondary N) is 3. The molecule has 0 atom stereocenters. The van der Waals surface area contributed by atoms with E-state index >= 15 is 0 Å². The third-order valence-electron chi connectivity index (χ3n) is 5.57. The molecule has 154 valence electrons. The zero-order valence-electron chi connectivity index (χ0n) is 15.5. The molecule has 0 aromatic heterocycles. The van der Waals surface area contributed by atoms with Crippen LogP contribution >= 0.6 is 0 Å². The van der Waals surface area contributed by atoms with E-state index in [1.54, 1.807) is 0 Å². The highest BCUT2D eigenvalue weighted by atomic mass is 32.2. The van der Waals surface area contributed by atoms with Crippen molar-refractivity contribution in [1.29, 1.82) is 0 Å². The molecule has 2 heterocycles. The van der Waals surface area contributed by atoms with Crippen LogP contribution in [-0.4, -0.2) is 55.7 Å². The summed E-state index contributed by atoms with van der Waals surface area (Å²) < 4.78 is 27.3. The van der Waals surface area contributed by atoms with Crippen LogP contribution in [0.1, 0.15) is 52.8 Å². The Hall–Kier alpha value is -2.79. The summed E-state index contributed by atoms with van der Waals surface area (Å²) >= 11 is 0. The minimum Gasteiger partial charge on any atom is -0.323 e. The van der Waals surface area contributed by atoms with Crippen LogP contribution in [-0.2, 0) is 14.8 Å². The number of fused-ring (bicyclic) bond motifs is 1. The normalized spacial score (nSPS) is 20.3. The van der Waals surface area contributed by atoms with Crippen molar-refractivity contribution in [2.75, 3.05) is 13.1 Å². The predicted molar refractivity (Wildman–Crippen MR) is 99.5 cm³/mol. The zero-order valence-corrected chi connectivity index (χ0v) is 16.3. The van der Waals surface area contributed by atoms with Crippen molar-refractivity contribution in [1.82, 2.24) is 20.3 Å². The molecule has 1 aromatic rings. The van der Waals surface area contributed by atoms with Crippen molar-refractivity contribution in [3.8, 4) is 0 Å². The van der Waals surface area contributed by atoms with Gasteiger partial charge in [0, 0.05) is 13.1 Å². The van der Waals surface area contributed by atoms with Crippen LogP contribution in [0.5, 0.6) is 0 Å². The van der Waals surface area contributed by atoms with Gasteiger partial charge in [0.15, 0.2) is 0 Å². The lowest BCUT2D eigenvalue weighted by molar-refractivity contribution is -0.131. The van der Waals surface area contributed by atoms with Crippen LogP contribution in [0.15, 0.2) is 23.1 Å². The van der Waals surface area contributed by atoms with Gasteiger partial charge in [-0.25, -0.2) is 17.9 Å². The van der Waals surface area contributed by atoms with Gasteiger partial charge in [-0.2, -0.15) is 0 Å². The van der Waals surface area contributed by atoms with Crippen LogP contribution in [0, 0.1) is 0 Å². The molecule has 0 bridgehead atoms. The fourth-order valence-electron chi connectivity index (χ4n) is 4.04. The van der Waals surface area contributed by atoms with E-state index < -0.39 is 33.4 Å². The Kier molecular flexibility index (Phi) is 4.66. The third-order valence-corrected chi connectivity index (χ3v) is 7.03. The Morgan fingerprint density at radius 1 is 1.03 bits per heavy atom. The maximum absolute atomic E-state index is 12.6. The first kappa shape index (κ1) is 19.5. The van der Waals surface area contributed by atoms with E-state index in [0.29, 0.717) is 12.8 Å². The fourth-order valence-corrected chi connectivity index (χ4v) is 5.14. The number of carbonyl (C=O) groups is 4. The molecule has 29 heavy (non-hydrogen) atoms. The number of carbonyl (C=O) groups excluding carboxylic acids is 4. The first-order chi connectivity index (χ1) is 13.7. The van der Waals surface area contributed by atoms with Crippen molar-refractivity contribution in [3.05, 3.63) is 29.3 Å². The Morgan fingerprint density at radius 3 is 2.45 bits per heavy atom. The maximum atomic E-state index is 12.6. The number of rotatable bonds is 6. The van der Waals surface area contributed by atoms with E-state index in [1.807, 2.05) is 0 Å². The summed E-state index contributed by atoms with van der Waals surface area (Å²) in [4.78, 5) is 48.9. The molecule has 3 N–H and O–H groups in total. The van der Waals surface area contributed by atoms with Gasteiger partial charge in [-0.3, -0.25) is 24.6 Å². The summed E-state index contributed by atoms with van der Waals surface area (Å²) in [5.41, 5.74) is -0.633. The number of benzene rings is 1. The lowest BCUT2D eigenvalue weighted by atomic mass is 9.98. The number of hydrogen-bond donors (Lipinski definition) is 3. The second-order valence-electron chi connectivity index (χ2n) is 7.42. The Bertz CT molecular complexity index is 1030. The molecule has 10 nitrogen and oxygen atoms in total. The molecule has 0 unspecified atom stereocenters. The van der Waals surface area contributed by atoms with E-state index in [4.69, 9.17) is 0 Å². The Morgan fingerprint density at radius 2 is 1.72 bits per heavy atom. The molecule has 1 aromatic carbocycles. The molecule has 1 saturated heterocycles. The van der Waals surface area contributed by atoms with Gasteiger partial charge in [0.25, 0.3) is 17.7 Å². The van der Waals surface area contributed by atoms with E-state index in [9.17, 15) is 27.6 Å². The summed E-state index contributed by atoms with van der Waals surface area (Å²) in [7, 11) is -3.91. The highest BCUT2D eigenvalue weighted by Gasteiger charge is 2.52. The van der Waals surface area contributed by atoms with Crippen LogP contribution < -0.4 is 15.4 Å². The van der Waals surface area contributed by atoms with Gasteiger partial charge >= 0.3 is 6.03 Å². The summed E-state index contributed by atoms with van der Waals surface area (Å²) in [5.74, 6) is -1.44. The molecule has 0 radical (unpaired) electrons. The highest BCUT2D eigenvalue weighted by Crippen LogP contribution is 2.35. The van der Waals surface area contributed by atoms with Gasteiger partial charge in [-0.15, -0.1) is 0 Å². The predicted octanol–water partition coefficient (Wildman–Crippen LogP) is 0.103. The summed E-state index contributed by atoms with van der Waals surface area (Å²) in [6.45, 7) is 0.116. The standard InChI is InChI=1S/C18H20N4O6S/c23-14-12-5-4-11(10-13(12)15(24)20-14)29(27,28)19-8-3-9-22-16(25)18(21-17(22)26)6-1-2-7-18/h4-5,10,19H,1-3,6-9H2,(H,21,26)(H,20,23,24). The first-order valence-electron chi connectivity index (χ1n) is 9.37. The number of hydrogen-bond acceptors (Lipinski definition) is 6. The summed E-state index contributed by atoms with van der Waals surface area (Å²) in [5, 5.41) is 4.88. The molecule has 1 spiro atoms. The average molecular weight is 420 g/mol. The fraction of sp³-hybridized carbons (Fsp3) is 0.444. The smallest absolute Gasteiger partial charge is 0.323 e. The molecule has 2 fully saturated rings. The number of urea groups is 1. The average Bonchev–Trinajstić information content (AvgIpc) is 3.32. The van der Waals surface area contributed by atoms with Crippen LogP contribution in [0.2, 0.25) is 0 Å². The molecule has 11 heteroatoms. The monoisotopic (exact) mass is 420 g/mol. The van der Waals surface area contributed by atoms with E-state index in [-0.39, 0.29) is 41.4 Å². The van der Waals surface area contributed by atoms with Crippen molar-refractivity contribution < 1.29 is 27.6 Å². The minimum atomic E-state index is -3.91. The lowest BCUT2D eigenvalue weighted by Crippen LogP contribution is -2.44. The van der Waals surface area contributed by atoms with E-state index in [1.165, 1.54) is 12.1 Å². The Labute approximate surface area is 167 Å². The van der Waals surface area contributed by atoms with Crippen LogP contribution in [0.3, 0.4) is 0 Å². The van der Waals surface area contributed by atoms with Crippen molar-refractivity contribution >= 4 is 33.8 Å². The quantitative estimate of drug-likeness (QED) is 0.339. The molecular formula is C18H20N4O6S. The van der Waals surface area contributed by atoms with Gasteiger partial charge < -0.3 is 5.32 Å². The van der Waals surface area contributed by atoms with Gasteiger partial charge in [0.1, 0.15) is 5.54 Å². The van der Waals surface area contributed by atoms with Crippen molar-refractivity contribution in [2.24, 2.45) is 0 Å². The van der Waals surface area contributed by atoms with E-state index in [2.05, 4.69) is 15.4 Å². The molecule has 5 amide bonds. The van der Waals surface area contributed by atoms with Gasteiger partial charge in [0.05, 0.1) is 16.0 Å². The van der Waals surface area contributed by atoms with Crippen molar-refractivity contribution in [2.45, 2.75) is 42.5 Å². The molecule has 4 rings (SSSR count). The maximum Gasteiger partial charge on any atom is 0.325 e. The molecule has 3 aliphatic rings. The number of imide groups is 2. The van der Waals surface area contributed by atoms with Crippen LogP contribution in [0.4, 0.5) is 4.79 Å². The molecule has 1 saturated carbocycles. The Balaban J connectivity index is 1.36. The lowest BCUT2D eigenvalue weighted by Gasteiger charge is -2.20. The van der Waals surface area contributed by atoms with Crippen molar-refractivity contribution in [3.63, 3.8) is 0 Å². The topological polar surface area (TPSA) is 142 Å². The minimum absolute atomic E-state index is 0.00854. The third kappa shape index (κ3) is 3.29. The summed E-state index contributed by atoms with van der Waals surface area (Å²) in [6, 6.07) is 3.26. The molecule has 1 aliphatic carbocycles. The second kappa shape index (κ2) is 6.92. The molecule has 2 aliphatic heterocycles. The largest absolute Gasteiger partial charge is 0.325 e. The van der Waals surface area contributed by atoms with Gasteiger partial charge in [-0.1, -0.05) is 12.8 Å². The number of amides is 5. The van der Waals surface area contributed by atoms with Gasteiger partial charge in [0.2, 0.25) is 10.0 Å². The second-order valence-corrected chi connectivity index (χ2v) is 9.19. The molecular weight excluding hydrogens is 400 g/mol. The SMILES string of the molecule is O=C1NC(=O)c2cc(S(=O)(=O)NCCCN3C(=O)NC4(CCCC4)C3=O)ccc21. The highest BCUT2D eigenvalue weighted by molar-refractivity contribution is 7.89.